The van der Waals surface area contributed by atoms with Crippen LogP contribution in [0.3, 0.4) is 0 Å². The van der Waals surface area contributed by atoms with E-state index in [1.165, 1.54) is 6.20 Å². The summed E-state index contributed by atoms with van der Waals surface area (Å²) in [5.74, 6) is -0.462. The number of rotatable bonds is 3. The van der Waals surface area contributed by atoms with Gasteiger partial charge in [0.25, 0.3) is 11.8 Å². The molecule has 1 aliphatic heterocycles. The zero-order chi connectivity index (χ0) is 20.5. The predicted molar refractivity (Wildman–Crippen MR) is 106 cm³/mol. The summed E-state index contributed by atoms with van der Waals surface area (Å²) in [6, 6.07) is 5.39. The van der Waals surface area contributed by atoms with Gasteiger partial charge >= 0.3 is 0 Å². The fourth-order valence-corrected chi connectivity index (χ4v) is 3.24. The van der Waals surface area contributed by atoms with Gasteiger partial charge in [0.05, 0.1) is 47.3 Å². The fourth-order valence-electron chi connectivity index (χ4n) is 3.24. The summed E-state index contributed by atoms with van der Waals surface area (Å²) in [5.41, 5.74) is 4.31. The van der Waals surface area contributed by atoms with Gasteiger partial charge in [-0.05, 0) is 32.0 Å². The van der Waals surface area contributed by atoms with Gasteiger partial charge in [0.15, 0.2) is 6.10 Å². The highest BCUT2D eigenvalue weighted by molar-refractivity contribution is 5.97. The summed E-state index contributed by atoms with van der Waals surface area (Å²) < 4.78 is 7.17. The molecule has 1 fully saturated rings. The number of carbonyl (C=O) groups is 2. The molecule has 3 heterocycles. The number of morpholine rings is 1. The molecule has 150 valence electrons. The molecular weight excluding hydrogens is 372 g/mol. The highest BCUT2D eigenvalue weighted by atomic mass is 16.5. The Bertz CT molecular complexity index is 1090. The van der Waals surface area contributed by atoms with Crippen molar-refractivity contribution in [3.8, 4) is 0 Å². The van der Waals surface area contributed by atoms with Crippen LogP contribution in [0.5, 0.6) is 0 Å². The lowest BCUT2D eigenvalue weighted by molar-refractivity contribution is -0.131. The number of amides is 2. The quantitative estimate of drug-likeness (QED) is 0.722. The monoisotopic (exact) mass is 394 g/mol. The second-order valence-electron chi connectivity index (χ2n) is 7.10. The maximum atomic E-state index is 12.7. The SMILES string of the molecule is Cc1nc2ccc(NC(=O)C3CN(C(=O)c4cnn(C)c4)CCO3)cc2nc1C. The molecule has 0 saturated carbocycles. The first-order valence-electron chi connectivity index (χ1n) is 9.36. The van der Waals surface area contributed by atoms with Crippen molar-refractivity contribution in [3.05, 3.63) is 47.5 Å². The van der Waals surface area contributed by atoms with Gasteiger partial charge in [-0.3, -0.25) is 14.3 Å². The topological polar surface area (TPSA) is 102 Å². The molecule has 2 aromatic heterocycles. The van der Waals surface area contributed by atoms with Crippen molar-refractivity contribution in [2.45, 2.75) is 20.0 Å². The van der Waals surface area contributed by atoms with Gasteiger partial charge in [-0.1, -0.05) is 0 Å². The largest absolute Gasteiger partial charge is 0.365 e. The Morgan fingerprint density at radius 3 is 2.66 bits per heavy atom. The first-order valence-corrected chi connectivity index (χ1v) is 9.36. The van der Waals surface area contributed by atoms with Crippen LogP contribution in [0.15, 0.2) is 30.6 Å². The zero-order valence-electron chi connectivity index (χ0n) is 16.5. The number of aromatic nitrogens is 4. The first kappa shape index (κ1) is 19.0. The number of benzene rings is 1. The molecule has 0 bridgehead atoms. The molecule has 0 spiro atoms. The standard InChI is InChI=1S/C20H22N6O3/c1-12-13(2)23-17-8-15(4-5-16(17)22-12)24-19(27)18-11-26(6-7-29-18)20(28)14-9-21-25(3)10-14/h4-5,8-10,18H,6-7,11H2,1-3H3,(H,24,27). The number of carbonyl (C=O) groups excluding carboxylic acids is 2. The summed E-state index contributed by atoms with van der Waals surface area (Å²) in [6.07, 6.45) is 2.44. The van der Waals surface area contributed by atoms with Crippen molar-refractivity contribution in [1.82, 2.24) is 24.6 Å². The molecule has 1 saturated heterocycles. The zero-order valence-corrected chi connectivity index (χ0v) is 16.5. The van der Waals surface area contributed by atoms with Crippen molar-refractivity contribution in [3.63, 3.8) is 0 Å². The Morgan fingerprint density at radius 2 is 1.93 bits per heavy atom. The summed E-state index contributed by atoms with van der Waals surface area (Å²) in [4.78, 5) is 36.0. The lowest BCUT2D eigenvalue weighted by atomic mass is 10.2. The number of anilines is 1. The number of aryl methyl sites for hydroxylation is 3. The minimum absolute atomic E-state index is 0.161. The molecule has 1 aromatic carbocycles. The molecule has 1 unspecified atom stereocenters. The Balaban J connectivity index is 1.46. The number of fused-ring (bicyclic) bond motifs is 1. The van der Waals surface area contributed by atoms with Crippen LogP contribution in [-0.4, -0.2) is 62.3 Å². The van der Waals surface area contributed by atoms with Crippen molar-refractivity contribution in [2.75, 3.05) is 25.0 Å². The van der Waals surface area contributed by atoms with Gasteiger partial charge in [0.1, 0.15) is 0 Å². The summed E-state index contributed by atoms with van der Waals surface area (Å²) in [6.45, 7) is 4.73. The Hall–Kier alpha value is -3.33. The van der Waals surface area contributed by atoms with Gasteiger partial charge < -0.3 is 15.0 Å². The Labute approximate surface area is 167 Å². The number of nitrogens with one attached hydrogen (secondary N) is 1. The lowest BCUT2D eigenvalue weighted by Crippen LogP contribution is -2.50. The summed E-state index contributed by atoms with van der Waals surface area (Å²) in [7, 11) is 1.75. The molecule has 29 heavy (non-hydrogen) atoms. The van der Waals surface area contributed by atoms with Crippen LogP contribution in [-0.2, 0) is 16.6 Å². The maximum Gasteiger partial charge on any atom is 0.257 e. The molecule has 1 N–H and O–H groups in total. The van der Waals surface area contributed by atoms with E-state index in [1.54, 1.807) is 35.0 Å². The molecule has 0 aliphatic carbocycles. The van der Waals surface area contributed by atoms with E-state index in [-0.39, 0.29) is 18.4 Å². The lowest BCUT2D eigenvalue weighted by Gasteiger charge is -2.32. The number of hydrogen-bond donors (Lipinski definition) is 1. The van der Waals surface area contributed by atoms with Crippen LogP contribution in [0.2, 0.25) is 0 Å². The van der Waals surface area contributed by atoms with Gasteiger partial charge in [-0.25, -0.2) is 9.97 Å². The molecule has 3 aromatic rings. The van der Waals surface area contributed by atoms with Crippen LogP contribution < -0.4 is 5.32 Å². The van der Waals surface area contributed by atoms with Crippen molar-refractivity contribution >= 4 is 28.5 Å². The minimum Gasteiger partial charge on any atom is -0.365 e. The molecule has 9 nitrogen and oxygen atoms in total. The van der Waals surface area contributed by atoms with Gasteiger partial charge in [0, 0.05) is 25.5 Å². The van der Waals surface area contributed by atoms with E-state index in [0.29, 0.717) is 29.9 Å². The van der Waals surface area contributed by atoms with E-state index >= 15 is 0 Å². The van der Waals surface area contributed by atoms with Crippen molar-refractivity contribution < 1.29 is 14.3 Å². The molecular formula is C20H22N6O3. The second kappa shape index (κ2) is 7.59. The summed E-state index contributed by atoms with van der Waals surface area (Å²) >= 11 is 0. The minimum atomic E-state index is -0.745. The van der Waals surface area contributed by atoms with Crippen LogP contribution in [0, 0.1) is 13.8 Å². The van der Waals surface area contributed by atoms with Crippen LogP contribution in [0.25, 0.3) is 11.0 Å². The maximum absolute atomic E-state index is 12.7. The highest BCUT2D eigenvalue weighted by Gasteiger charge is 2.30. The highest BCUT2D eigenvalue weighted by Crippen LogP contribution is 2.19. The Morgan fingerprint density at radius 1 is 1.17 bits per heavy atom. The second-order valence-corrected chi connectivity index (χ2v) is 7.10. The van der Waals surface area contributed by atoms with Crippen molar-refractivity contribution in [1.29, 1.82) is 0 Å². The van der Waals surface area contributed by atoms with E-state index in [9.17, 15) is 9.59 Å². The average molecular weight is 394 g/mol. The van der Waals surface area contributed by atoms with Crippen LogP contribution in [0.4, 0.5) is 5.69 Å². The van der Waals surface area contributed by atoms with E-state index < -0.39 is 6.10 Å². The third-order valence-electron chi connectivity index (χ3n) is 4.94. The molecule has 4 rings (SSSR count). The third-order valence-corrected chi connectivity index (χ3v) is 4.94. The third kappa shape index (κ3) is 3.95. The van der Waals surface area contributed by atoms with E-state index in [1.807, 2.05) is 19.9 Å². The molecule has 1 atom stereocenters. The molecule has 0 radical (unpaired) electrons. The van der Waals surface area contributed by atoms with Crippen LogP contribution in [0.1, 0.15) is 21.7 Å². The smallest absolute Gasteiger partial charge is 0.257 e. The predicted octanol–water partition coefficient (Wildman–Crippen LogP) is 1.46. The van der Waals surface area contributed by atoms with E-state index in [4.69, 9.17) is 4.74 Å². The van der Waals surface area contributed by atoms with Gasteiger partial charge in [-0.2, -0.15) is 5.10 Å². The van der Waals surface area contributed by atoms with Gasteiger partial charge in [-0.15, -0.1) is 0 Å². The first-order chi connectivity index (χ1) is 13.9. The van der Waals surface area contributed by atoms with E-state index in [0.717, 1.165) is 16.9 Å². The normalized spacial score (nSPS) is 16.8. The molecule has 9 heteroatoms. The van der Waals surface area contributed by atoms with E-state index in [2.05, 4.69) is 20.4 Å². The fraction of sp³-hybridized carbons (Fsp3) is 0.350. The number of ether oxygens (including phenoxy) is 1. The van der Waals surface area contributed by atoms with Crippen LogP contribution >= 0.6 is 0 Å². The number of nitrogens with zero attached hydrogens (tertiary/aromatic N) is 5. The molecule has 2 amide bonds. The summed E-state index contributed by atoms with van der Waals surface area (Å²) in [5, 5.41) is 6.88. The number of hydrogen-bond acceptors (Lipinski definition) is 6. The average Bonchev–Trinajstić information content (AvgIpc) is 3.15. The van der Waals surface area contributed by atoms with Crippen molar-refractivity contribution in [2.24, 2.45) is 7.05 Å². The molecule has 1 aliphatic rings. The Kier molecular flexibility index (Phi) is 4.98. The van der Waals surface area contributed by atoms with Gasteiger partial charge in [0.2, 0.25) is 0 Å².